The highest BCUT2D eigenvalue weighted by Crippen LogP contribution is 2.21. The van der Waals surface area contributed by atoms with Gasteiger partial charge in [-0.2, -0.15) is 0 Å². The van der Waals surface area contributed by atoms with Crippen molar-refractivity contribution in [3.8, 4) is 0 Å². The number of anilines is 1. The molecule has 2 amide bonds. The number of rotatable bonds is 2. The largest absolute Gasteiger partial charge is 0.324 e. The van der Waals surface area contributed by atoms with Crippen LogP contribution >= 0.6 is 0 Å². The van der Waals surface area contributed by atoms with Crippen molar-refractivity contribution in [2.45, 2.75) is 32.2 Å². The minimum atomic E-state index is 0.00348. The van der Waals surface area contributed by atoms with Gasteiger partial charge >= 0.3 is 6.03 Å². The zero-order chi connectivity index (χ0) is 13.9. The fourth-order valence-corrected chi connectivity index (χ4v) is 2.38. The van der Waals surface area contributed by atoms with Gasteiger partial charge in [-0.1, -0.05) is 12.1 Å². The second-order valence-electron chi connectivity index (χ2n) is 5.60. The summed E-state index contributed by atoms with van der Waals surface area (Å²) in [5.74, 6) is 0. The molecule has 0 radical (unpaired) electrons. The molecule has 19 heavy (non-hydrogen) atoms. The molecule has 0 bridgehead atoms. The molecule has 2 N–H and O–H groups in total. The molecule has 1 fully saturated rings. The molecule has 2 rings (SSSR count). The highest BCUT2D eigenvalue weighted by molar-refractivity contribution is 5.89. The maximum Gasteiger partial charge on any atom is 0.321 e. The first-order valence-corrected chi connectivity index (χ1v) is 6.84. The molecular weight excluding hydrogens is 238 g/mol. The molecule has 0 aliphatic carbocycles. The molecule has 1 aromatic carbocycles. The lowest BCUT2D eigenvalue weighted by Gasteiger charge is -2.39. The van der Waals surface area contributed by atoms with Gasteiger partial charge in [0.25, 0.3) is 0 Å². The average Bonchev–Trinajstić information content (AvgIpc) is 2.39. The Bertz CT molecular complexity index is 450. The maximum atomic E-state index is 12.2. The minimum absolute atomic E-state index is 0.00348. The van der Waals surface area contributed by atoms with Crippen molar-refractivity contribution in [1.82, 2.24) is 10.2 Å². The predicted octanol–water partition coefficient (Wildman–Crippen LogP) is 2.60. The smallest absolute Gasteiger partial charge is 0.321 e. The van der Waals surface area contributed by atoms with Crippen LogP contribution in [-0.2, 0) is 0 Å². The fourth-order valence-electron chi connectivity index (χ4n) is 2.38. The number of hydrogen-bond acceptors (Lipinski definition) is 2. The number of likely N-dealkylation sites (tertiary alicyclic amines) is 1. The molecule has 0 aromatic heterocycles. The molecule has 1 aliphatic rings. The Balaban J connectivity index is 1.92. The van der Waals surface area contributed by atoms with Gasteiger partial charge in [0.1, 0.15) is 0 Å². The summed E-state index contributed by atoms with van der Waals surface area (Å²) in [6.45, 7) is 5.84. The van der Waals surface area contributed by atoms with E-state index in [1.807, 2.05) is 43.1 Å². The van der Waals surface area contributed by atoms with Gasteiger partial charge in [0.05, 0.1) is 0 Å². The van der Waals surface area contributed by atoms with Gasteiger partial charge in [-0.3, -0.25) is 0 Å². The molecule has 0 saturated carbocycles. The van der Waals surface area contributed by atoms with E-state index in [1.54, 1.807) is 0 Å². The standard InChI is InChI=1S/C15H23N3O/c1-12-5-4-6-13(11-12)17-14(19)18-9-7-15(2,16-3)8-10-18/h4-6,11,16H,7-10H2,1-3H3,(H,17,19). The second-order valence-corrected chi connectivity index (χ2v) is 5.60. The molecule has 1 heterocycles. The van der Waals surface area contributed by atoms with E-state index in [-0.39, 0.29) is 11.6 Å². The number of benzene rings is 1. The maximum absolute atomic E-state index is 12.2. The summed E-state index contributed by atoms with van der Waals surface area (Å²) in [5.41, 5.74) is 2.19. The van der Waals surface area contributed by atoms with Gasteiger partial charge in [0, 0.05) is 24.3 Å². The van der Waals surface area contributed by atoms with Crippen LogP contribution in [0.15, 0.2) is 24.3 Å². The first-order chi connectivity index (χ1) is 9.02. The third-order valence-corrected chi connectivity index (χ3v) is 4.03. The Morgan fingerprint density at radius 2 is 2.00 bits per heavy atom. The van der Waals surface area contributed by atoms with Crippen LogP contribution < -0.4 is 10.6 Å². The van der Waals surface area contributed by atoms with E-state index in [9.17, 15) is 4.79 Å². The summed E-state index contributed by atoms with van der Waals surface area (Å²) in [6, 6.07) is 7.89. The number of carbonyl (C=O) groups excluding carboxylic acids is 1. The fraction of sp³-hybridized carbons (Fsp3) is 0.533. The molecule has 0 spiro atoms. The number of nitrogens with zero attached hydrogens (tertiary/aromatic N) is 1. The molecular formula is C15H23N3O. The van der Waals surface area contributed by atoms with Crippen molar-refractivity contribution in [2.24, 2.45) is 0 Å². The van der Waals surface area contributed by atoms with Crippen molar-refractivity contribution < 1.29 is 4.79 Å². The first kappa shape index (κ1) is 13.9. The van der Waals surface area contributed by atoms with E-state index in [4.69, 9.17) is 0 Å². The summed E-state index contributed by atoms with van der Waals surface area (Å²) in [7, 11) is 1.99. The van der Waals surface area contributed by atoms with Crippen LogP contribution in [-0.4, -0.2) is 36.6 Å². The van der Waals surface area contributed by atoms with E-state index in [2.05, 4.69) is 17.6 Å². The molecule has 0 atom stereocenters. The lowest BCUT2D eigenvalue weighted by molar-refractivity contribution is 0.163. The summed E-state index contributed by atoms with van der Waals surface area (Å²) in [4.78, 5) is 14.1. The molecule has 4 nitrogen and oxygen atoms in total. The predicted molar refractivity (Wildman–Crippen MR) is 78.5 cm³/mol. The van der Waals surface area contributed by atoms with E-state index in [0.717, 1.165) is 37.2 Å². The molecule has 104 valence electrons. The van der Waals surface area contributed by atoms with Crippen LogP contribution in [0.3, 0.4) is 0 Å². The first-order valence-electron chi connectivity index (χ1n) is 6.84. The van der Waals surface area contributed by atoms with Crippen LogP contribution in [0.1, 0.15) is 25.3 Å². The van der Waals surface area contributed by atoms with Crippen molar-refractivity contribution in [3.63, 3.8) is 0 Å². The van der Waals surface area contributed by atoms with E-state index >= 15 is 0 Å². The minimum Gasteiger partial charge on any atom is -0.324 e. The quantitative estimate of drug-likeness (QED) is 0.859. The lowest BCUT2D eigenvalue weighted by atomic mass is 9.90. The summed E-state index contributed by atoms with van der Waals surface area (Å²) in [6.07, 6.45) is 1.98. The Kier molecular flexibility index (Phi) is 4.10. The van der Waals surface area contributed by atoms with Gasteiger partial charge in [-0.25, -0.2) is 4.79 Å². The SMILES string of the molecule is CNC1(C)CCN(C(=O)Nc2cccc(C)c2)CC1. The van der Waals surface area contributed by atoms with Crippen LogP contribution in [0.25, 0.3) is 0 Å². The molecule has 1 aliphatic heterocycles. The van der Waals surface area contributed by atoms with Crippen LogP contribution in [0.2, 0.25) is 0 Å². The number of piperidine rings is 1. The van der Waals surface area contributed by atoms with Crippen LogP contribution in [0.4, 0.5) is 10.5 Å². The van der Waals surface area contributed by atoms with Gasteiger partial charge in [0.2, 0.25) is 0 Å². The Morgan fingerprint density at radius 3 is 2.58 bits per heavy atom. The number of nitrogens with one attached hydrogen (secondary N) is 2. The highest BCUT2D eigenvalue weighted by atomic mass is 16.2. The highest BCUT2D eigenvalue weighted by Gasteiger charge is 2.30. The lowest BCUT2D eigenvalue weighted by Crippen LogP contribution is -2.52. The van der Waals surface area contributed by atoms with E-state index in [0.29, 0.717) is 0 Å². The van der Waals surface area contributed by atoms with Gasteiger partial charge in [-0.05, 0) is 51.4 Å². The summed E-state index contributed by atoms with van der Waals surface area (Å²) < 4.78 is 0. The third kappa shape index (κ3) is 3.47. The van der Waals surface area contributed by atoms with Gasteiger partial charge < -0.3 is 15.5 Å². The van der Waals surface area contributed by atoms with Crippen molar-refractivity contribution in [1.29, 1.82) is 0 Å². The Labute approximate surface area is 115 Å². The average molecular weight is 261 g/mol. The van der Waals surface area contributed by atoms with Crippen molar-refractivity contribution in [2.75, 3.05) is 25.5 Å². The number of hydrogen-bond donors (Lipinski definition) is 2. The summed E-state index contributed by atoms with van der Waals surface area (Å²) in [5, 5.41) is 6.30. The monoisotopic (exact) mass is 261 g/mol. The van der Waals surface area contributed by atoms with Gasteiger partial charge in [-0.15, -0.1) is 0 Å². The van der Waals surface area contributed by atoms with E-state index in [1.165, 1.54) is 0 Å². The molecule has 1 aromatic rings. The van der Waals surface area contributed by atoms with Crippen molar-refractivity contribution in [3.05, 3.63) is 29.8 Å². The number of amides is 2. The normalized spacial score (nSPS) is 18.2. The number of aryl methyl sites for hydroxylation is 1. The molecule has 4 heteroatoms. The molecule has 1 saturated heterocycles. The van der Waals surface area contributed by atoms with Gasteiger partial charge in [0.15, 0.2) is 0 Å². The van der Waals surface area contributed by atoms with Crippen LogP contribution in [0.5, 0.6) is 0 Å². The third-order valence-electron chi connectivity index (χ3n) is 4.03. The topological polar surface area (TPSA) is 44.4 Å². The van der Waals surface area contributed by atoms with Crippen molar-refractivity contribution >= 4 is 11.7 Å². The second kappa shape index (κ2) is 5.61. The Hall–Kier alpha value is -1.55. The zero-order valence-corrected chi connectivity index (χ0v) is 12.0. The number of urea groups is 1. The molecule has 0 unspecified atom stereocenters. The van der Waals surface area contributed by atoms with E-state index < -0.39 is 0 Å². The van der Waals surface area contributed by atoms with Crippen LogP contribution in [0, 0.1) is 6.92 Å². The Morgan fingerprint density at radius 1 is 1.32 bits per heavy atom. The zero-order valence-electron chi connectivity index (χ0n) is 12.0. The summed E-state index contributed by atoms with van der Waals surface area (Å²) >= 11 is 0. The number of carbonyl (C=O) groups is 1.